The number of piperidine rings is 1. The number of ether oxygens (including phenoxy) is 1. The highest BCUT2D eigenvalue weighted by molar-refractivity contribution is 5.97. The monoisotopic (exact) mass is 525 g/mol. The highest BCUT2D eigenvalue weighted by atomic mass is 16.5. The molecule has 11 nitrogen and oxygen atoms in total. The van der Waals surface area contributed by atoms with E-state index in [1.807, 2.05) is 18.2 Å². The first-order chi connectivity index (χ1) is 18.3. The van der Waals surface area contributed by atoms with E-state index in [2.05, 4.69) is 10.6 Å². The normalized spacial score (nSPS) is 27.4. The number of carbonyl (C=O) groups excluding carboxylic acids is 5. The zero-order valence-electron chi connectivity index (χ0n) is 21.9. The zero-order valence-corrected chi connectivity index (χ0v) is 21.9. The van der Waals surface area contributed by atoms with Gasteiger partial charge >= 0.3 is 0 Å². The van der Waals surface area contributed by atoms with Crippen molar-refractivity contribution < 1.29 is 28.7 Å². The fraction of sp³-hybridized carbons (Fsp3) is 0.593. The third-order valence-corrected chi connectivity index (χ3v) is 8.38. The molecule has 0 unspecified atom stereocenters. The molecule has 204 valence electrons. The van der Waals surface area contributed by atoms with Gasteiger partial charge in [-0.1, -0.05) is 18.2 Å². The molecule has 4 atom stereocenters. The number of hydrogen-bond donors (Lipinski definition) is 2. The Labute approximate surface area is 221 Å². The first-order valence-electron chi connectivity index (χ1n) is 13.3. The number of carbonyl (C=O) groups is 5. The Balaban J connectivity index is 1.24. The van der Waals surface area contributed by atoms with Crippen LogP contribution in [0.2, 0.25) is 0 Å². The first kappa shape index (κ1) is 26.0. The third kappa shape index (κ3) is 4.93. The molecule has 0 radical (unpaired) electrons. The van der Waals surface area contributed by atoms with E-state index in [1.54, 1.807) is 23.0 Å². The highest BCUT2D eigenvalue weighted by Crippen LogP contribution is 2.30. The lowest BCUT2D eigenvalue weighted by molar-refractivity contribution is -0.144. The molecule has 1 aromatic carbocycles. The lowest BCUT2D eigenvalue weighted by Gasteiger charge is -2.31. The molecule has 0 bridgehead atoms. The number of hydrogen-bond acceptors (Lipinski definition) is 6. The van der Waals surface area contributed by atoms with Crippen molar-refractivity contribution in [3.8, 4) is 5.75 Å². The Morgan fingerprint density at radius 1 is 1.08 bits per heavy atom. The Morgan fingerprint density at radius 2 is 1.82 bits per heavy atom. The molecule has 2 N–H and O–H groups in total. The number of methoxy groups -OCH3 is 1. The summed E-state index contributed by atoms with van der Waals surface area (Å²) in [6.45, 7) is 3.24. The number of benzene rings is 1. The van der Waals surface area contributed by atoms with Crippen molar-refractivity contribution in [2.24, 2.45) is 5.92 Å². The Bertz CT molecular complexity index is 1130. The summed E-state index contributed by atoms with van der Waals surface area (Å²) in [6.07, 6.45) is 2.14. The van der Waals surface area contributed by atoms with E-state index in [9.17, 15) is 24.0 Å². The van der Waals surface area contributed by atoms with Crippen LogP contribution in [-0.4, -0.2) is 102 Å². The molecule has 5 amide bonds. The summed E-state index contributed by atoms with van der Waals surface area (Å²) in [5.74, 6) is -0.356. The van der Waals surface area contributed by atoms with Gasteiger partial charge in [-0.05, 0) is 31.7 Å². The van der Waals surface area contributed by atoms with Crippen LogP contribution in [0.4, 0.5) is 0 Å². The van der Waals surface area contributed by atoms with Crippen LogP contribution in [0.5, 0.6) is 5.75 Å². The minimum atomic E-state index is -0.767. The van der Waals surface area contributed by atoms with E-state index in [1.165, 1.54) is 11.8 Å². The fourth-order valence-electron chi connectivity index (χ4n) is 6.30. The summed E-state index contributed by atoms with van der Waals surface area (Å²) in [4.78, 5) is 69.5. The van der Waals surface area contributed by atoms with Gasteiger partial charge in [0.15, 0.2) is 0 Å². The largest absolute Gasteiger partial charge is 0.496 e. The average Bonchev–Trinajstić information content (AvgIpc) is 3.51. The Kier molecular flexibility index (Phi) is 7.27. The molecule has 1 aromatic rings. The lowest BCUT2D eigenvalue weighted by Crippen LogP contribution is -2.53. The number of nitrogens with one attached hydrogen (secondary N) is 2. The van der Waals surface area contributed by atoms with Gasteiger partial charge in [0, 0.05) is 50.6 Å². The molecule has 38 heavy (non-hydrogen) atoms. The van der Waals surface area contributed by atoms with Gasteiger partial charge < -0.3 is 30.1 Å². The van der Waals surface area contributed by atoms with E-state index in [0.29, 0.717) is 51.1 Å². The molecule has 11 heteroatoms. The fourth-order valence-corrected chi connectivity index (χ4v) is 6.30. The van der Waals surface area contributed by atoms with Crippen molar-refractivity contribution in [1.29, 1.82) is 0 Å². The SMILES string of the molecule is COc1ccccc1CC(=O)N1CC[C@@H]2NC(=O)[C@H]3C[C@H](NC(=O)C4CCN(C(C)=O)CC4)CN3C(=O)[C@H]21. The number of rotatable bonds is 5. The molecule has 4 aliphatic rings. The van der Waals surface area contributed by atoms with E-state index in [0.717, 1.165) is 5.56 Å². The van der Waals surface area contributed by atoms with Crippen LogP contribution < -0.4 is 15.4 Å². The van der Waals surface area contributed by atoms with Crippen molar-refractivity contribution in [2.75, 3.05) is 33.3 Å². The summed E-state index contributed by atoms with van der Waals surface area (Å²) in [6, 6.07) is 5.08. The molecular formula is C27H35N5O6. The molecule has 5 rings (SSSR count). The molecule has 0 aliphatic carbocycles. The van der Waals surface area contributed by atoms with Gasteiger partial charge in [-0.15, -0.1) is 0 Å². The summed E-state index contributed by atoms with van der Waals surface area (Å²) in [5, 5.41) is 6.04. The minimum Gasteiger partial charge on any atom is -0.496 e. The highest BCUT2D eigenvalue weighted by Gasteiger charge is 2.52. The first-order valence-corrected chi connectivity index (χ1v) is 13.3. The average molecular weight is 526 g/mol. The van der Waals surface area contributed by atoms with Crippen LogP contribution in [0.15, 0.2) is 24.3 Å². The summed E-state index contributed by atoms with van der Waals surface area (Å²) in [5.41, 5.74) is 0.740. The maximum atomic E-state index is 13.7. The Morgan fingerprint density at radius 3 is 2.53 bits per heavy atom. The zero-order chi connectivity index (χ0) is 27.0. The van der Waals surface area contributed by atoms with Gasteiger partial charge in [-0.3, -0.25) is 24.0 Å². The lowest BCUT2D eigenvalue weighted by atomic mass is 9.95. The number of fused-ring (bicyclic) bond motifs is 2. The molecule has 4 heterocycles. The number of likely N-dealkylation sites (tertiary alicyclic amines) is 2. The van der Waals surface area contributed by atoms with Gasteiger partial charge in [0.05, 0.1) is 19.6 Å². The van der Waals surface area contributed by atoms with Gasteiger partial charge in [0.25, 0.3) is 0 Å². The molecule has 0 aromatic heterocycles. The van der Waals surface area contributed by atoms with Gasteiger partial charge in [-0.25, -0.2) is 0 Å². The van der Waals surface area contributed by atoms with Crippen LogP contribution in [-0.2, 0) is 30.4 Å². The maximum absolute atomic E-state index is 13.7. The molecule has 0 spiro atoms. The van der Waals surface area contributed by atoms with E-state index in [-0.39, 0.29) is 54.5 Å². The van der Waals surface area contributed by atoms with Crippen molar-refractivity contribution in [2.45, 2.75) is 63.2 Å². The number of amides is 5. The number of para-hydroxylation sites is 1. The van der Waals surface area contributed by atoms with Crippen molar-refractivity contribution in [3.63, 3.8) is 0 Å². The van der Waals surface area contributed by atoms with E-state index in [4.69, 9.17) is 4.74 Å². The van der Waals surface area contributed by atoms with Crippen LogP contribution in [0.3, 0.4) is 0 Å². The minimum absolute atomic E-state index is 0.0118. The van der Waals surface area contributed by atoms with Crippen molar-refractivity contribution in [3.05, 3.63) is 29.8 Å². The van der Waals surface area contributed by atoms with Crippen LogP contribution in [0, 0.1) is 5.92 Å². The Hall–Kier alpha value is -3.63. The summed E-state index contributed by atoms with van der Waals surface area (Å²) >= 11 is 0. The predicted octanol–water partition coefficient (Wildman–Crippen LogP) is -0.319. The number of nitrogens with zero attached hydrogens (tertiary/aromatic N) is 3. The van der Waals surface area contributed by atoms with Crippen molar-refractivity contribution in [1.82, 2.24) is 25.3 Å². The second-order valence-corrected chi connectivity index (χ2v) is 10.7. The smallest absolute Gasteiger partial charge is 0.248 e. The predicted molar refractivity (Wildman–Crippen MR) is 136 cm³/mol. The van der Waals surface area contributed by atoms with E-state index >= 15 is 0 Å². The topological polar surface area (TPSA) is 128 Å². The second-order valence-electron chi connectivity index (χ2n) is 10.7. The quantitative estimate of drug-likeness (QED) is 0.543. The van der Waals surface area contributed by atoms with Crippen LogP contribution in [0.25, 0.3) is 0 Å². The molecule has 0 saturated carbocycles. The third-order valence-electron chi connectivity index (χ3n) is 8.38. The summed E-state index contributed by atoms with van der Waals surface area (Å²) in [7, 11) is 1.55. The molecule has 4 saturated heterocycles. The van der Waals surface area contributed by atoms with Crippen LogP contribution >= 0.6 is 0 Å². The van der Waals surface area contributed by atoms with Gasteiger partial charge in [-0.2, -0.15) is 0 Å². The maximum Gasteiger partial charge on any atom is 0.248 e. The summed E-state index contributed by atoms with van der Waals surface area (Å²) < 4.78 is 5.38. The van der Waals surface area contributed by atoms with Gasteiger partial charge in [0.2, 0.25) is 29.5 Å². The molecule has 4 fully saturated rings. The van der Waals surface area contributed by atoms with E-state index < -0.39 is 18.1 Å². The van der Waals surface area contributed by atoms with Gasteiger partial charge in [0.1, 0.15) is 17.8 Å². The van der Waals surface area contributed by atoms with Crippen molar-refractivity contribution >= 4 is 29.5 Å². The second kappa shape index (κ2) is 10.6. The van der Waals surface area contributed by atoms with Crippen LogP contribution in [0.1, 0.15) is 38.2 Å². The molecular weight excluding hydrogens is 490 g/mol. The standard InChI is InChI=1S/C27H35N5O6/c1-16(33)30-10-7-17(8-11-30)25(35)28-19-14-21-26(36)29-20-9-12-31(24(20)27(37)32(21)15-19)23(34)13-18-5-3-4-6-22(18)38-2/h3-6,17,19-21,24H,7-15H2,1-2H3,(H,28,35)(H,29,36)/t19-,20-,21+,24-/m0/s1. The molecule has 4 aliphatic heterocycles.